The Balaban J connectivity index is 2.15. The van der Waals surface area contributed by atoms with Gasteiger partial charge in [0.25, 0.3) is 0 Å². The molecule has 0 radical (unpaired) electrons. The number of nitrogens with two attached hydrogens (primary N) is 1. The van der Waals surface area contributed by atoms with Crippen LogP contribution < -0.4 is 5.73 Å². The summed E-state index contributed by atoms with van der Waals surface area (Å²) in [6.45, 7) is 0. The molecule has 4 heteroatoms. The Kier molecular flexibility index (Phi) is 3.58. The highest BCUT2D eigenvalue weighted by Gasteiger charge is 2.12. The lowest BCUT2D eigenvalue weighted by molar-refractivity contribution is 0.177. The third kappa shape index (κ3) is 2.84. The first-order valence-corrected chi connectivity index (χ1v) is 5.53. The lowest BCUT2D eigenvalue weighted by atomic mass is 10.0. The molecule has 0 aliphatic heterocycles. The van der Waals surface area contributed by atoms with E-state index in [4.69, 9.17) is 5.73 Å². The molecule has 1 atom stereocenters. The molecule has 0 amide bonds. The van der Waals surface area contributed by atoms with Crippen LogP contribution in [0.25, 0.3) is 0 Å². The Morgan fingerprint density at radius 3 is 2.33 bits per heavy atom. The minimum Gasteiger partial charge on any atom is -0.399 e. The molecule has 94 valence electrons. The van der Waals surface area contributed by atoms with Crippen molar-refractivity contribution in [1.82, 2.24) is 0 Å². The fraction of sp³-hybridized carbons (Fsp3) is 0.143. The van der Waals surface area contributed by atoms with Gasteiger partial charge >= 0.3 is 0 Å². The van der Waals surface area contributed by atoms with Gasteiger partial charge in [-0.05, 0) is 29.3 Å². The van der Waals surface area contributed by atoms with Crippen molar-refractivity contribution >= 4 is 5.69 Å². The van der Waals surface area contributed by atoms with Crippen molar-refractivity contribution < 1.29 is 13.9 Å². The third-order valence-corrected chi connectivity index (χ3v) is 2.75. The molecule has 0 aliphatic rings. The zero-order valence-corrected chi connectivity index (χ0v) is 9.61. The van der Waals surface area contributed by atoms with Gasteiger partial charge in [0, 0.05) is 18.2 Å². The summed E-state index contributed by atoms with van der Waals surface area (Å²) in [4.78, 5) is 0. The predicted octanol–water partition coefficient (Wildman–Crippen LogP) is 2.82. The van der Waals surface area contributed by atoms with Crippen molar-refractivity contribution in [3.8, 4) is 0 Å². The highest BCUT2D eigenvalue weighted by molar-refractivity contribution is 5.40. The van der Waals surface area contributed by atoms with Gasteiger partial charge < -0.3 is 10.8 Å². The molecular formula is C14H13F2NO. The summed E-state index contributed by atoms with van der Waals surface area (Å²) in [6, 6.07) is 10.0. The van der Waals surface area contributed by atoms with E-state index in [0.717, 1.165) is 6.07 Å². The van der Waals surface area contributed by atoms with Crippen LogP contribution in [0, 0.1) is 11.6 Å². The second-order valence-corrected chi connectivity index (χ2v) is 4.12. The highest BCUT2D eigenvalue weighted by Crippen LogP contribution is 2.21. The molecule has 2 rings (SSSR count). The molecule has 0 fully saturated rings. The van der Waals surface area contributed by atoms with Gasteiger partial charge in [-0.1, -0.05) is 18.2 Å². The number of anilines is 1. The van der Waals surface area contributed by atoms with Crippen LogP contribution in [-0.2, 0) is 6.42 Å². The van der Waals surface area contributed by atoms with Crippen molar-refractivity contribution in [1.29, 1.82) is 0 Å². The first kappa shape index (κ1) is 12.5. The van der Waals surface area contributed by atoms with Gasteiger partial charge in [0.05, 0.1) is 6.10 Å². The largest absolute Gasteiger partial charge is 0.399 e. The average Bonchev–Trinajstić information content (AvgIpc) is 2.33. The third-order valence-electron chi connectivity index (χ3n) is 2.75. The molecule has 2 nitrogen and oxygen atoms in total. The standard InChI is InChI=1S/C14H13F2NO/c15-11-4-1-10(13(16)8-11)7-14(18)9-2-5-12(17)6-3-9/h1-6,8,14,18H,7,17H2. The predicted molar refractivity (Wildman–Crippen MR) is 65.9 cm³/mol. The van der Waals surface area contributed by atoms with Crippen molar-refractivity contribution in [3.63, 3.8) is 0 Å². The molecule has 0 saturated carbocycles. The Morgan fingerprint density at radius 2 is 1.72 bits per heavy atom. The minimum atomic E-state index is -0.842. The first-order chi connectivity index (χ1) is 8.56. The number of hydrogen-bond donors (Lipinski definition) is 2. The Bertz CT molecular complexity index is 540. The smallest absolute Gasteiger partial charge is 0.129 e. The first-order valence-electron chi connectivity index (χ1n) is 5.53. The lowest BCUT2D eigenvalue weighted by Crippen LogP contribution is -2.04. The molecule has 0 saturated heterocycles. The number of aliphatic hydroxyl groups excluding tert-OH is 1. The van der Waals surface area contributed by atoms with Gasteiger partial charge in [0.15, 0.2) is 0 Å². The van der Waals surface area contributed by atoms with E-state index in [1.807, 2.05) is 0 Å². The van der Waals surface area contributed by atoms with Crippen LogP contribution >= 0.6 is 0 Å². The number of halogens is 2. The van der Waals surface area contributed by atoms with E-state index in [9.17, 15) is 13.9 Å². The fourth-order valence-corrected chi connectivity index (χ4v) is 1.73. The van der Waals surface area contributed by atoms with Crippen molar-refractivity contribution in [2.24, 2.45) is 0 Å². The molecule has 3 N–H and O–H groups in total. The van der Waals surface area contributed by atoms with Crippen LogP contribution in [0.1, 0.15) is 17.2 Å². The molecule has 1 unspecified atom stereocenters. The molecule has 0 spiro atoms. The second kappa shape index (κ2) is 5.14. The van der Waals surface area contributed by atoms with E-state index in [0.29, 0.717) is 11.3 Å². The molecule has 0 aromatic heterocycles. The van der Waals surface area contributed by atoms with E-state index >= 15 is 0 Å². The van der Waals surface area contributed by atoms with Gasteiger partial charge in [-0.2, -0.15) is 0 Å². The number of rotatable bonds is 3. The summed E-state index contributed by atoms with van der Waals surface area (Å²) < 4.78 is 26.2. The van der Waals surface area contributed by atoms with E-state index < -0.39 is 17.7 Å². The SMILES string of the molecule is Nc1ccc(C(O)Cc2ccc(F)cc2F)cc1. The maximum Gasteiger partial charge on any atom is 0.129 e. The number of benzene rings is 2. The van der Waals surface area contributed by atoms with Crippen LogP contribution in [-0.4, -0.2) is 5.11 Å². The topological polar surface area (TPSA) is 46.2 Å². The monoisotopic (exact) mass is 249 g/mol. The molecule has 18 heavy (non-hydrogen) atoms. The molecular weight excluding hydrogens is 236 g/mol. The number of hydrogen-bond acceptors (Lipinski definition) is 2. The molecule has 0 heterocycles. The Morgan fingerprint density at radius 1 is 1.06 bits per heavy atom. The lowest BCUT2D eigenvalue weighted by Gasteiger charge is -2.12. The van der Waals surface area contributed by atoms with E-state index in [2.05, 4.69) is 0 Å². The summed E-state index contributed by atoms with van der Waals surface area (Å²) in [5.74, 6) is -1.28. The molecule has 0 aliphatic carbocycles. The summed E-state index contributed by atoms with van der Waals surface area (Å²) in [5.41, 5.74) is 7.06. The van der Waals surface area contributed by atoms with Crippen molar-refractivity contribution in [3.05, 3.63) is 65.2 Å². The summed E-state index contributed by atoms with van der Waals surface area (Å²) in [7, 11) is 0. The minimum absolute atomic E-state index is 0.0933. The average molecular weight is 249 g/mol. The molecule has 2 aromatic rings. The van der Waals surface area contributed by atoms with Crippen LogP contribution in [0.15, 0.2) is 42.5 Å². The summed E-state index contributed by atoms with van der Waals surface area (Å²) in [6.07, 6.45) is -0.749. The molecule has 0 bridgehead atoms. The number of nitrogen functional groups attached to an aromatic ring is 1. The quantitative estimate of drug-likeness (QED) is 0.822. The molecule has 2 aromatic carbocycles. The van der Waals surface area contributed by atoms with Gasteiger partial charge in [-0.25, -0.2) is 8.78 Å². The maximum absolute atomic E-state index is 13.4. The fourth-order valence-electron chi connectivity index (χ4n) is 1.73. The van der Waals surface area contributed by atoms with E-state index in [1.165, 1.54) is 12.1 Å². The van der Waals surface area contributed by atoms with Gasteiger partial charge in [0.2, 0.25) is 0 Å². The van der Waals surface area contributed by atoms with Crippen LogP contribution in [0.4, 0.5) is 14.5 Å². The Labute approximate surface area is 104 Å². The summed E-state index contributed by atoms with van der Waals surface area (Å²) in [5, 5.41) is 9.96. The zero-order chi connectivity index (χ0) is 13.1. The maximum atomic E-state index is 13.4. The number of aliphatic hydroxyl groups is 1. The van der Waals surface area contributed by atoms with Crippen LogP contribution in [0.5, 0.6) is 0 Å². The van der Waals surface area contributed by atoms with Crippen molar-refractivity contribution in [2.45, 2.75) is 12.5 Å². The van der Waals surface area contributed by atoms with Crippen molar-refractivity contribution in [2.75, 3.05) is 5.73 Å². The Hall–Kier alpha value is -1.94. The zero-order valence-electron chi connectivity index (χ0n) is 9.61. The van der Waals surface area contributed by atoms with Gasteiger partial charge in [0.1, 0.15) is 11.6 Å². The van der Waals surface area contributed by atoms with Gasteiger partial charge in [-0.15, -0.1) is 0 Å². The van der Waals surface area contributed by atoms with E-state index in [1.54, 1.807) is 24.3 Å². The van der Waals surface area contributed by atoms with E-state index in [-0.39, 0.29) is 12.0 Å². The van der Waals surface area contributed by atoms with Crippen LogP contribution in [0.2, 0.25) is 0 Å². The summed E-state index contributed by atoms with van der Waals surface area (Å²) >= 11 is 0. The normalized spacial score (nSPS) is 12.4. The van der Waals surface area contributed by atoms with Gasteiger partial charge in [-0.3, -0.25) is 0 Å². The highest BCUT2D eigenvalue weighted by atomic mass is 19.1. The van der Waals surface area contributed by atoms with Crippen LogP contribution in [0.3, 0.4) is 0 Å². The second-order valence-electron chi connectivity index (χ2n) is 4.12.